The van der Waals surface area contributed by atoms with Gasteiger partial charge in [-0.05, 0) is 32.6 Å². The number of carbonyl (C=O) groups excluding carboxylic acids is 2. The van der Waals surface area contributed by atoms with Gasteiger partial charge in [0.1, 0.15) is 6.04 Å². The lowest BCUT2D eigenvalue weighted by Gasteiger charge is -2.25. The highest BCUT2D eigenvalue weighted by Gasteiger charge is 2.40. The van der Waals surface area contributed by atoms with Gasteiger partial charge in [0.05, 0.1) is 6.61 Å². The van der Waals surface area contributed by atoms with Crippen LogP contribution in [0.25, 0.3) is 0 Å². The SMILES string of the molecule is CC(CO)NC(=O)C1CCCN1C(=O)C1CC1. The molecule has 0 bridgehead atoms. The molecule has 0 aromatic carbocycles. The maximum Gasteiger partial charge on any atom is 0.243 e. The van der Waals surface area contributed by atoms with Crippen LogP contribution >= 0.6 is 0 Å². The smallest absolute Gasteiger partial charge is 0.243 e. The lowest BCUT2D eigenvalue weighted by atomic mass is 10.2. The van der Waals surface area contributed by atoms with Crippen molar-refractivity contribution < 1.29 is 14.7 Å². The minimum absolute atomic E-state index is 0.0744. The van der Waals surface area contributed by atoms with Crippen molar-refractivity contribution in [2.75, 3.05) is 13.2 Å². The van der Waals surface area contributed by atoms with Crippen LogP contribution in [-0.2, 0) is 9.59 Å². The van der Waals surface area contributed by atoms with Crippen LogP contribution < -0.4 is 5.32 Å². The second-order valence-electron chi connectivity index (χ2n) is 5.06. The zero-order valence-electron chi connectivity index (χ0n) is 10.2. The van der Waals surface area contributed by atoms with Crippen LogP contribution in [0.3, 0.4) is 0 Å². The Hall–Kier alpha value is -1.10. The van der Waals surface area contributed by atoms with E-state index in [4.69, 9.17) is 5.11 Å². The van der Waals surface area contributed by atoms with Crippen molar-refractivity contribution in [3.8, 4) is 0 Å². The molecule has 0 spiro atoms. The lowest BCUT2D eigenvalue weighted by molar-refractivity contribution is -0.139. The minimum atomic E-state index is -0.322. The highest BCUT2D eigenvalue weighted by atomic mass is 16.3. The number of likely N-dealkylation sites (tertiary alicyclic amines) is 1. The molecule has 1 heterocycles. The molecule has 0 aromatic heterocycles. The lowest BCUT2D eigenvalue weighted by Crippen LogP contribution is -2.49. The van der Waals surface area contributed by atoms with Gasteiger partial charge >= 0.3 is 0 Å². The van der Waals surface area contributed by atoms with Crippen molar-refractivity contribution in [1.82, 2.24) is 10.2 Å². The molecule has 96 valence electrons. The quantitative estimate of drug-likeness (QED) is 0.720. The van der Waals surface area contributed by atoms with Gasteiger partial charge in [-0.15, -0.1) is 0 Å². The fraction of sp³-hybridized carbons (Fsp3) is 0.833. The maximum atomic E-state index is 12.0. The molecule has 2 amide bonds. The predicted octanol–water partition coefficient (Wildman–Crippen LogP) is -0.116. The van der Waals surface area contributed by atoms with Gasteiger partial charge in [0.2, 0.25) is 11.8 Å². The monoisotopic (exact) mass is 240 g/mol. The molecule has 1 saturated heterocycles. The van der Waals surface area contributed by atoms with Crippen LogP contribution in [0.4, 0.5) is 0 Å². The van der Waals surface area contributed by atoms with Gasteiger partial charge in [0.25, 0.3) is 0 Å². The average molecular weight is 240 g/mol. The molecule has 0 aromatic rings. The molecule has 2 aliphatic rings. The van der Waals surface area contributed by atoms with Crippen LogP contribution in [-0.4, -0.2) is 47.1 Å². The largest absolute Gasteiger partial charge is 0.394 e. The van der Waals surface area contributed by atoms with E-state index in [0.717, 1.165) is 25.7 Å². The third-order valence-electron chi connectivity index (χ3n) is 3.43. The van der Waals surface area contributed by atoms with Crippen molar-refractivity contribution in [3.63, 3.8) is 0 Å². The van der Waals surface area contributed by atoms with E-state index in [9.17, 15) is 9.59 Å². The Labute approximate surface area is 101 Å². The van der Waals surface area contributed by atoms with E-state index in [1.54, 1.807) is 11.8 Å². The topological polar surface area (TPSA) is 69.6 Å². The Kier molecular flexibility index (Phi) is 3.66. The molecule has 1 saturated carbocycles. The molecule has 1 aliphatic heterocycles. The first-order chi connectivity index (χ1) is 8.13. The molecule has 0 radical (unpaired) electrons. The molecule has 2 fully saturated rings. The number of amides is 2. The molecule has 5 nitrogen and oxygen atoms in total. The molecule has 17 heavy (non-hydrogen) atoms. The number of aliphatic hydroxyl groups is 1. The summed E-state index contributed by atoms with van der Waals surface area (Å²) in [5.74, 6) is 0.177. The molecule has 2 atom stereocenters. The first-order valence-corrected chi connectivity index (χ1v) is 6.35. The van der Waals surface area contributed by atoms with Gasteiger partial charge in [-0.3, -0.25) is 9.59 Å². The van der Waals surface area contributed by atoms with E-state index in [1.165, 1.54) is 0 Å². The van der Waals surface area contributed by atoms with E-state index >= 15 is 0 Å². The summed E-state index contributed by atoms with van der Waals surface area (Å²) in [6, 6.07) is -0.571. The number of aliphatic hydroxyl groups excluding tert-OH is 1. The van der Waals surface area contributed by atoms with Crippen molar-refractivity contribution in [2.24, 2.45) is 5.92 Å². The molecular weight excluding hydrogens is 220 g/mol. The summed E-state index contributed by atoms with van der Waals surface area (Å²) in [6.07, 6.45) is 3.57. The number of nitrogens with zero attached hydrogens (tertiary/aromatic N) is 1. The van der Waals surface area contributed by atoms with Gasteiger partial charge in [-0.1, -0.05) is 0 Å². The second-order valence-corrected chi connectivity index (χ2v) is 5.06. The molecule has 5 heteroatoms. The Morgan fingerprint density at radius 3 is 2.71 bits per heavy atom. The highest BCUT2D eigenvalue weighted by molar-refractivity contribution is 5.90. The van der Waals surface area contributed by atoms with Gasteiger partial charge in [0, 0.05) is 18.5 Å². The fourth-order valence-electron chi connectivity index (χ4n) is 2.25. The fourth-order valence-corrected chi connectivity index (χ4v) is 2.25. The summed E-state index contributed by atoms with van der Waals surface area (Å²) < 4.78 is 0. The summed E-state index contributed by atoms with van der Waals surface area (Å²) >= 11 is 0. The zero-order valence-corrected chi connectivity index (χ0v) is 10.2. The zero-order chi connectivity index (χ0) is 12.4. The predicted molar refractivity (Wildman–Crippen MR) is 62.1 cm³/mol. The van der Waals surface area contributed by atoms with Crippen LogP contribution in [0.1, 0.15) is 32.6 Å². The Morgan fingerprint density at radius 1 is 1.41 bits per heavy atom. The summed E-state index contributed by atoms with van der Waals surface area (Å²) in [5.41, 5.74) is 0. The molecule has 2 rings (SSSR count). The molecular formula is C12H20N2O3. The van der Waals surface area contributed by atoms with E-state index in [1.807, 2.05) is 0 Å². The first-order valence-electron chi connectivity index (χ1n) is 6.35. The van der Waals surface area contributed by atoms with E-state index in [0.29, 0.717) is 6.54 Å². The summed E-state index contributed by atoms with van der Waals surface area (Å²) in [4.78, 5) is 25.7. The maximum absolute atomic E-state index is 12.0. The standard InChI is InChI=1S/C12H20N2O3/c1-8(7-15)13-11(16)10-3-2-6-14(10)12(17)9-4-5-9/h8-10,15H,2-7H2,1H3,(H,13,16). The first kappa shape index (κ1) is 12.4. The van der Waals surface area contributed by atoms with Crippen LogP contribution in [0, 0.1) is 5.92 Å². The molecule has 1 aliphatic carbocycles. The Bertz CT molecular complexity index is 315. The van der Waals surface area contributed by atoms with E-state index in [2.05, 4.69) is 5.32 Å². The van der Waals surface area contributed by atoms with Crippen LogP contribution in [0.2, 0.25) is 0 Å². The third-order valence-corrected chi connectivity index (χ3v) is 3.43. The summed E-state index contributed by atoms with van der Waals surface area (Å²) in [5, 5.41) is 11.6. The third kappa shape index (κ3) is 2.77. The molecule has 2 unspecified atom stereocenters. The van der Waals surface area contributed by atoms with Crippen molar-refractivity contribution in [2.45, 2.75) is 44.7 Å². The van der Waals surface area contributed by atoms with E-state index < -0.39 is 0 Å². The van der Waals surface area contributed by atoms with E-state index in [-0.39, 0.29) is 36.4 Å². The number of hydrogen-bond donors (Lipinski definition) is 2. The number of hydrogen-bond acceptors (Lipinski definition) is 3. The van der Waals surface area contributed by atoms with Crippen LogP contribution in [0.15, 0.2) is 0 Å². The highest BCUT2D eigenvalue weighted by Crippen LogP contribution is 2.33. The van der Waals surface area contributed by atoms with Gasteiger partial charge in [-0.2, -0.15) is 0 Å². The molecule has 2 N–H and O–H groups in total. The van der Waals surface area contributed by atoms with Gasteiger partial charge in [-0.25, -0.2) is 0 Å². The van der Waals surface area contributed by atoms with Crippen molar-refractivity contribution in [3.05, 3.63) is 0 Å². The summed E-state index contributed by atoms with van der Waals surface area (Å²) in [7, 11) is 0. The van der Waals surface area contributed by atoms with Crippen LogP contribution in [0.5, 0.6) is 0 Å². The van der Waals surface area contributed by atoms with Crippen molar-refractivity contribution >= 4 is 11.8 Å². The minimum Gasteiger partial charge on any atom is -0.394 e. The summed E-state index contributed by atoms with van der Waals surface area (Å²) in [6.45, 7) is 2.37. The van der Waals surface area contributed by atoms with Crippen molar-refractivity contribution in [1.29, 1.82) is 0 Å². The number of rotatable bonds is 4. The second kappa shape index (κ2) is 5.04. The Balaban J connectivity index is 1.93. The van der Waals surface area contributed by atoms with Gasteiger partial charge in [0.15, 0.2) is 0 Å². The Morgan fingerprint density at radius 2 is 2.12 bits per heavy atom. The van der Waals surface area contributed by atoms with Gasteiger partial charge < -0.3 is 15.3 Å². The number of carbonyl (C=O) groups is 2. The number of nitrogens with one attached hydrogen (secondary N) is 1. The normalized spacial score (nSPS) is 25.8. The average Bonchev–Trinajstić information content (AvgIpc) is 3.04.